The number of carboxylic acid groups (broad SMARTS) is 1. The molecule has 0 saturated heterocycles. The summed E-state index contributed by atoms with van der Waals surface area (Å²) in [7, 11) is 0. The van der Waals surface area contributed by atoms with Gasteiger partial charge in [-0.05, 0) is 18.6 Å². The summed E-state index contributed by atoms with van der Waals surface area (Å²) in [6.45, 7) is 1.69. The Morgan fingerprint density at radius 2 is 2.14 bits per heavy atom. The molecule has 1 aliphatic heterocycles. The number of anilines is 2. The third-order valence-corrected chi connectivity index (χ3v) is 4.46. The highest BCUT2D eigenvalue weighted by Gasteiger charge is 2.39. The highest BCUT2D eigenvalue weighted by molar-refractivity contribution is 7.17. The van der Waals surface area contributed by atoms with Crippen molar-refractivity contribution in [1.82, 2.24) is 4.98 Å². The standard InChI is InChI=1S/C14H13N3O3S/c1-7-11(21-14(15)16-7)12(18)17-9-5-3-2-4-8(9)6-10(17)13(19)20/h2-5,10H,6H2,1H3,(H2,15,16)(H,19,20)/t10-/m0/s1. The Balaban J connectivity index is 2.07. The molecule has 0 saturated carbocycles. The molecule has 1 aliphatic rings. The second-order valence-electron chi connectivity index (χ2n) is 4.83. The van der Waals surface area contributed by atoms with Gasteiger partial charge in [0.05, 0.1) is 5.69 Å². The molecule has 6 nitrogen and oxygen atoms in total. The minimum Gasteiger partial charge on any atom is -0.480 e. The van der Waals surface area contributed by atoms with Crippen molar-refractivity contribution in [2.45, 2.75) is 19.4 Å². The van der Waals surface area contributed by atoms with Crippen LogP contribution in [0.2, 0.25) is 0 Å². The number of hydrogen-bond donors (Lipinski definition) is 2. The molecule has 1 atom stereocenters. The highest BCUT2D eigenvalue weighted by atomic mass is 32.1. The average Bonchev–Trinajstić information content (AvgIpc) is 2.98. The van der Waals surface area contributed by atoms with Crippen LogP contribution in [0.1, 0.15) is 20.9 Å². The van der Waals surface area contributed by atoms with Crippen molar-refractivity contribution < 1.29 is 14.7 Å². The molecule has 0 aliphatic carbocycles. The maximum Gasteiger partial charge on any atom is 0.327 e. The number of nitrogen functional groups attached to an aromatic ring is 1. The van der Waals surface area contributed by atoms with E-state index in [2.05, 4.69) is 4.98 Å². The number of hydrogen-bond acceptors (Lipinski definition) is 5. The number of fused-ring (bicyclic) bond motifs is 1. The number of para-hydroxylation sites is 1. The van der Waals surface area contributed by atoms with Gasteiger partial charge in [-0.15, -0.1) is 0 Å². The van der Waals surface area contributed by atoms with Gasteiger partial charge in [0, 0.05) is 12.1 Å². The van der Waals surface area contributed by atoms with Crippen molar-refractivity contribution in [3.8, 4) is 0 Å². The average molecular weight is 303 g/mol. The summed E-state index contributed by atoms with van der Waals surface area (Å²) in [4.78, 5) is 30.0. The zero-order valence-electron chi connectivity index (χ0n) is 11.2. The largest absolute Gasteiger partial charge is 0.480 e. The zero-order chi connectivity index (χ0) is 15.1. The van der Waals surface area contributed by atoms with Crippen molar-refractivity contribution in [3.05, 3.63) is 40.4 Å². The van der Waals surface area contributed by atoms with Crippen LogP contribution in [0.25, 0.3) is 0 Å². The van der Waals surface area contributed by atoms with E-state index in [-0.39, 0.29) is 5.91 Å². The molecule has 3 rings (SSSR count). The Kier molecular flexibility index (Phi) is 3.13. The predicted molar refractivity (Wildman–Crippen MR) is 79.6 cm³/mol. The fourth-order valence-electron chi connectivity index (χ4n) is 2.56. The minimum atomic E-state index is -1.02. The van der Waals surface area contributed by atoms with Gasteiger partial charge in [-0.3, -0.25) is 9.69 Å². The fraction of sp³-hybridized carbons (Fsp3) is 0.214. The smallest absolute Gasteiger partial charge is 0.327 e. The molecule has 1 amide bonds. The van der Waals surface area contributed by atoms with Crippen LogP contribution in [-0.4, -0.2) is 28.0 Å². The maximum atomic E-state index is 12.7. The number of aryl methyl sites for hydroxylation is 1. The first-order valence-corrected chi connectivity index (χ1v) is 7.18. The van der Waals surface area contributed by atoms with Crippen LogP contribution >= 0.6 is 11.3 Å². The molecular weight excluding hydrogens is 290 g/mol. The summed E-state index contributed by atoms with van der Waals surface area (Å²) in [5.74, 6) is -1.38. The van der Waals surface area contributed by atoms with E-state index in [1.165, 1.54) is 4.90 Å². The SMILES string of the molecule is Cc1nc(N)sc1C(=O)N1c2ccccc2C[C@H]1C(=O)O. The lowest BCUT2D eigenvalue weighted by Crippen LogP contribution is -2.42. The van der Waals surface area contributed by atoms with Crippen LogP contribution in [0.3, 0.4) is 0 Å². The molecule has 0 radical (unpaired) electrons. The number of nitrogens with zero attached hydrogens (tertiary/aromatic N) is 2. The molecule has 1 aromatic carbocycles. The summed E-state index contributed by atoms with van der Waals surface area (Å²) >= 11 is 1.08. The topological polar surface area (TPSA) is 96.5 Å². The molecule has 0 spiro atoms. The van der Waals surface area contributed by atoms with E-state index >= 15 is 0 Å². The van der Waals surface area contributed by atoms with E-state index in [4.69, 9.17) is 5.73 Å². The molecule has 21 heavy (non-hydrogen) atoms. The Morgan fingerprint density at radius 3 is 2.76 bits per heavy atom. The van der Waals surface area contributed by atoms with E-state index < -0.39 is 12.0 Å². The van der Waals surface area contributed by atoms with Crippen molar-refractivity contribution in [2.24, 2.45) is 0 Å². The van der Waals surface area contributed by atoms with E-state index in [0.29, 0.717) is 27.8 Å². The molecule has 2 heterocycles. The summed E-state index contributed by atoms with van der Waals surface area (Å²) in [5.41, 5.74) is 7.64. The van der Waals surface area contributed by atoms with Crippen molar-refractivity contribution >= 4 is 34.0 Å². The summed E-state index contributed by atoms with van der Waals surface area (Å²) < 4.78 is 0. The Hall–Kier alpha value is -2.41. The van der Waals surface area contributed by atoms with E-state index in [1.807, 2.05) is 12.1 Å². The summed E-state index contributed by atoms with van der Waals surface area (Å²) in [6.07, 6.45) is 0.310. The van der Waals surface area contributed by atoms with Gasteiger partial charge in [-0.25, -0.2) is 9.78 Å². The zero-order valence-corrected chi connectivity index (χ0v) is 12.1. The monoisotopic (exact) mass is 303 g/mol. The Morgan fingerprint density at radius 1 is 1.43 bits per heavy atom. The number of carbonyl (C=O) groups excluding carboxylic acids is 1. The number of thiazole rings is 1. The van der Waals surface area contributed by atoms with Gasteiger partial charge in [-0.1, -0.05) is 29.5 Å². The molecule has 0 bridgehead atoms. The van der Waals surface area contributed by atoms with Crippen molar-refractivity contribution in [2.75, 3.05) is 10.6 Å². The molecule has 7 heteroatoms. The lowest BCUT2D eigenvalue weighted by Gasteiger charge is -2.22. The highest BCUT2D eigenvalue weighted by Crippen LogP contribution is 2.35. The van der Waals surface area contributed by atoms with Gasteiger partial charge in [0.1, 0.15) is 10.9 Å². The first-order valence-electron chi connectivity index (χ1n) is 6.36. The Labute approximate surface area is 124 Å². The van der Waals surface area contributed by atoms with Gasteiger partial charge in [0.2, 0.25) is 0 Å². The van der Waals surface area contributed by atoms with Crippen molar-refractivity contribution in [1.29, 1.82) is 0 Å². The second kappa shape index (κ2) is 4.85. The fourth-order valence-corrected chi connectivity index (χ4v) is 3.33. The number of carbonyl (C=O) groups is 2. The molecular formula is C14H13N3O3S. The number of benzene rings is 1. The van der Waals surface area contributed by atoms with Gasteiger partial charge in [0.15, 0.2) is 5.13 Å². The predicted octanol–water partition coefficient (Wildman–Crippen LogP) is 1.69. The second-order valence-corrected chi connectivity index (χ2v) is 5.86. The Bertz CT molecular complexity index is 741. The lowest BCUT2D eigenvalue weighted by molar-refractivity contribution is -0.138. The van der Waals surface area contributed by atoms with Gasteiger partial charge in [0.25, 0.3) is 5.91 Å². The van der Waals surface area contributed by atoms with Gasteiger partial charge in [-0.2, -0.15) is 0 Å². The summed E-state index contributed by atoms with van der Waals surface area (Å²) in [5, 5.41) is 9.70. The number of aromatic nitrogens is 1. The number of amides is 1. The van der Waals surface area contributed by atoms with Crippen LogP contribution < -0.4 is 10.6 Å². The maximum absolute atomic E-state index is 12.7. The van der Waals surface area contributed by atoms with Gasteiger partial charge < -0.3 is 10.8 Å². The van der Waals surface area contributed by atoms with Crippen LogP contribution in [0.4, 0.5) is 10.8 Å². The van der Waals surface area contributed by atoms with E-state index in [0.717, 1.165) is 16.9 Å². The van der Waals surface area contributed by atoms with Gasteiger partial charge >= 0.3 is 5.97 Å². The van der Waals surface area contributed by atoms with E-state index in [9.17, 15) is 14.7 Å². The normalized spacial score (nSPS) is 16.8. The number of carboxylic acids is 1. The molecule has 3 N–H and O–H groups in total. The number of nitrogens with two attached hydrogens (primary N) is 1. The number of aliphatic carboxylic acids is 1. The quantitative estimate of drug-likeness (QED) is 0.880. The molecule has 0 fully saturated rings. The van der Waals surface area contributed by atoms with Crippen molar-refractivity contribution in [3.63, 3.8) is 0 Å². The van der Waals surface area contributed by atoms with Crippen LogP contribution in [0.5, 0.6) is 0 Å². The number of rotatable bonds is 2. The molecule has 108 valence electrons. The molecule has 2 aromatic rings. The molecule has 0 unspecified atom stereocenters. The third-order valence-electron chi connectivity index (χ3n) is 3.49. The molecule has 1 aromatic heterocycles. The minimum absolute atomic E-state index is 0.301. The summed E-state index contributed by atoms with van der Waals surface area (Å²) in [6, 6.07) is 6.33. The van der Waals surface area contributed by atoms with Crippen LogP contribution in [0, 0.1) is 6.92 Å². The first-order chi connectivity index (χ1) is 9.99. The first kappa shape index (κ1) is 13.6. The van der Waals surface area contributed by atoms with Crippen LogP contribution in [-0.2, 0) is 11.2 Å². The lowest BCUT2D eigenvalue weighted by atomic mass is 10.1. The van der Waals surface area contributed by atoms with Crippen LogP contribution in [0.15, 0.2) is 24.3 Å². The van der Waals surface area contributed by atoms with E-state index in [1.54, 1.807) is 19.1 Å². The third kappa shape index (κ3) is 2.15.